The second-order valence-corrected chi connectivity index (χ2v) is 5.50. The summed E-state index contributed by atoms with van der Waals surface area (Å²) in [6.07, 6.45) is 3.56. The molecule has 0 fully saturated rings. The average molecular weight is 315 g/mol. The van der Waals surface area contributed by atoms with E-state index in [9.17, 15) is 9.59 Å². The second-order valence-electron chi connectivity index (χ2n) is 5.50. The van der Waals surface area contributed by atoms with Crippen LogP contribution in [0.5, 0.6) is 0 Å². The van der Waals surface area contributed by atoms with E-state index in [-0.39, 0.29) is 12.1 Å². The van der Waals surface area contributed by atoms with E-state index in [1.165, 1.54) is 0 Å². The summed E-state index contributed by atoms with van der Waals surface area (Å²) in [4.78, 5) is 24.8. The summed E-state index contributed by atoms with van der Waals surface area (Å²) >= 11 is 0. The highest BCUT2D eigenvalue weighted by atomic mass is 16.2. The van der Waals surface area contributed by atoms with Crippen LogP contribution < -0.4 is 11.1 Å². The molecule has 1 heterocycles. The van der Waals surface area contributed by atoms with Gasteiger partial charge in [0.1, 0.15) is 0 Å². The summed E-state index contributed by atoms with van der Waals surface area (Å²) in [6.45, 7) is 2.98. The maximum atomic E-state index is 12.2. The largest absolute Gasteiger partial charge is 0.366 e. The first kappa shape index (κ1) is 16.5. The van der Waals surface area contributed by atoms with Gasteiger partial charge in [0.15, 0.2) is 0 Å². The lowest BCUT2D eigenvalue weighted by atomic mass is 10.1. The van der Waals surface area contributed by atoms with Crippen molar-refractivity contribution in [3.05, 3.63) is 53.9 Å². The number of benzene rings is 1. The van der Waals surface area contributed by atoms with Crippen LogP contribution in [0, 0.1) is 0 Å². The number of nitrogens with two attached hydrogens (primary N) is 1. The van der Waals surface area contributed by atoms with Gasteiger partial charge < -0.3 is 16.0 Å². The summed E-state index contributed by atoms with van der Waals surface area (Å²) in [5.41, 5.74) is 6.58. The zero-order chi connectivity index (χ0) is 16.8. The molecule has 0 aliphatic carbocycles. The maximum absolute atomic E-state index is 12.2. The van der Waals surface area contributed by atoms with Crippen LogP contribution in [-0.2, 0) is 13.1 Å². The highest BCUT2D eigenvalue weighted by Gasteiger charge is 2.13. The van der Waals surface area contributed by atoms with Crippen molar-refractivity contribution in [1.82, 2.24) is 20.0 Å². The van der Waals surface area contributed by atoms with Crippen LogP contribution >= 0.6 is 0 Å². The quantitative estimate of drug-likeness (QED) is 0.839. The Labute approximate surface area is 135 Å². The van der Waals surface area contributed by atoms with Gasteiger partial charge in [-0.2, -0.15) is 5.10 Å². The van der Waals surface area contributed by atoms with Crippen LogP contribution in [-0.4, -0.2) is 39.7 Å². The summed E-state index contributed by atoms with van der Waals surface area (Å²) < 4.78 is 1.77. The van der Waals surface area contributed by atoms with Crippen LogP contribution in [0.25, 0.3) is 0 Å². The topological polar surface area (TPSA) is 93.2 Å². The lowest BCUT2D eigenvalue weighted by Gasteiger charge is -2.21. The van der Waals surface area contributed by atoms with E-state index in [0.29, 0.717) is 18.7 Å². The zero-order valence-corrected chi connectivity index (χ0v) is 13.3. The predicted octanol–water partition coefficient (Wildman–Crippen LogP) is 1.21. The van der Waals surface area contributed by atoms with E-state index in [2.05, 4.69) is 10.4 Å². The molecule has 122 valence electrons. The molecular weight excluding hydrogens is 294 g/mol. The molecule has 0 unspecified atom stereocenters. The number of carbonyl (C=O) groups excluding carboxylic acids is 2. The first-order valence-electron chi connectivity index (χ1n) is 7.33. The fourth-order valence-corrected chi connectivity index (χ4v) is 2.18. The van der Waals surface area contributed by atoms with Crippen LogP contribution in [0.3, 0.4) is 0 Å². The molecule has 1 aromatic heterocycles. The molecule has 3 amide bonds. The Kier molecular flexibility index (Phi) is 5.35. The van der Waals surface area contributed by atoms with Crippen LogP contribution in [0.15, 0.2) is 42.7 Å². The first-order chi connectivity index (χ1) is 11.0. The molecule has 0 aliphatic rings. The number of primary amides is 1. The Balaban J connectivity index is 1.85. The van der Waals surface area contributed by atoms with Crippen molar-refractivity contribution < 1.29 is 9.59 Å². The average Bonchev–Trinajstić information content (AvgIpc) is 3.00. The molecule has 23 heavy (non-hydrogen) atoms. The Bertz CT molecular complexity index is 652. The highest BCUT2D eigenvalue weighted by molar-refractivity contribution is 5.92. The van der Waals surface area contributed by atoms with E-state index < -0.39 is 5.91 Å². The van der Waals surface area contributed by atoms with Gasteiger partial charge in [-0.05, 0) is 30.7 Å². The van der Waals surface area contributed by atoms with Gasteiger partial charge in [-0.15, -0.1) is 0 Å². The number of hydrogen-bond donors (Lipinski definition) is 2. The normalized spacial score (nSPS) is 11.7. The first-order valence-corrected chi connectivity index (χ1v) is 7.33. The number of nitrogens with zero attached hydrogens (tertiary/aromatic N) is 3. The third kappa shape index (κ3) is 4.84. The molecule has 2 aromatic rings. The maximum Gasteiger partial charge on any atom is 0.317 e. The van der Waals surface area contributed by atoms with Gasteiger partial charge >= 0.3 is 6.03 Å². The molecule has 7 nitrogen and oxygen atoms in total. The minimum absolute atomic E-state index is 0.0397. The lowest BCUT2D eigenvalue weighted by Crippen LogP contribution is -2.43. The third-order valence-corrected chi connectivity index (χ3v) is 3.39. The van der Waals surface area contributed by atoms with Crippen molar-refractivity contribution in [2.24, 2.45) is 5.73 Å². The Morgan fingerprint density at radius 3 is 2.61 bits per heavy atom. The van der Waals surface area contributed by atoms with Gasteiger partial charge in [-0.3, -0.25) is 9.48 Å². The summed E-state index contributed by atoms with van der Waals surface area (Å²) in [5.74, 6) is -0.463. The molecule has 0 saturated heterocycles. The summed E-state index contributed by atoms with van der Waals surface area (Å²) in [6, 6.07) is 8.53. The van der Waals surface area contributed by atoms with Gasteiger partial charge in [-0.1, -0.05) is 12.1 Å². The van der Waals surface area contributed by atoms with Gasteiger partial charge in [0, 0.05) is 37.6 Å². The number of amides is 3. The third-order valence-electron chi connectivity index (χ3n) is 3.39. The molecule has 1 aromatic carbocycles. The smallest absolute Gasteiger partial charge is 0.317 e. The van der Waals surface area contributed by atoms with Crippen LogP contribution in [0.1, 0.15) is 22.8 Å². The van der Waals surface area contributed by atoms with Gasteiger partial charge in [-0.25, -0.2) is 4.79 Å². The molecule has 3 N–H and O–H groups in total. The Morgan fingerprint density at radius 2 is 2.04 bits per heavy atom. The van der Waals surface area contributed by atoms with E-state index in [1.807, 2.05) is 19.2 Å². The van der Waals surface area contributed by atoms with Crippen molar-refractivity contribution in [1.29, 1.82) is 0 Å². The molecule has 0 bridgehead atoms. The van der Waals surface area contributed by atoms with Crippen molar-refractivity contribution in [3.63, 3.8) is 0 Å². The summed E-state index contributed by atoms with van der Waals surface area (Å²) in [5, 5.41) is 7.03. The van der Waals surface area contributed by atoms with Gasteiger partial charge in [0.25, 0.3) is 0 Å². The van der Waals surface area contributed by atoms with Gasteiger partial charge in [0.05, 0.1) is 6.54 Å². The van der Waals surface area contributed by atoms with E-state index in [0.717, 1.165) is 5.56 Å². The van der Waals surface area contributed by atoms with E-state index in [4.69, 9.17) is 5.73 Å². The molecule has 1 atom stereocenters. The molecule has 0 radical (unpaired) electrons. The zero-order valence-electron chi connectivity index (χ0n) is 13.3. The van der Waals surface area contributed by atoms with Crippen molar-refractivity contribution in [2.75, 3.05) is 7.05 Å². The molecule has 0 spiro atoms. The van der Waals surface area contributed by atoms with Crippen molar-refractivity contribution in [2.45, 2.75) is 26.1 Å². The number of nitrogens with one attached hydrogen (secondary N) is 1. The van der Waals surface area contributed by atoms with Crippen molar-refractivity contribution >= 4 is 11.9 Å². The molecule has 2 rings (SSSR count). The van der Waals surface area contributed by atoms with Gasteiger partial charge in [0.2, 0.25) is 5.91 Å². The number of carbonyl (C=O) groups is 2. The monoisotopic (exact) mass is 315 g/mol. The molecule has 0 aliphatic heterocycles. The van der Waals surface area contributed by atoms with E-state index in [1.54, 1.807) is 47.1 Å². The SMILES string of the molecule is C[C@@H](Cn1cccn1)NC(=O)N(C)Cc1ccc(C(N)=O)cc1. The second kappa shape index (κ2) is 7.44. The Morgan fingerprint density at radius 1 is 1.35 bits per heavy atom. The summed E-state index contributed by atoms with van der Waals surface area (Å²) in [7, 11) is 1.72. The number of aromatic nitrogens is 2. The van der Waals surface area contributed by atoms with Crippen LogP contribution in [0.4, 0.5) is 4.79 Å². The molecule has 0 saturated carbocycles. The molecular formula is C16H21N5O2. The minimum Gasteiger partial charge on any atom is -0.366 e. The highest BCUT2D eigenvalue weighted by Crippen LogP contribution is 2.07. The van der Waals surface area contributed by atoms with Crippen molar-refractivity contribution in [3.8, 4) is 0 Å². The standard InChI is InChI=1S/C16H21N5O2/c1-12(10-21-9-3-8-18-21)19-16(23)20(2)11-13-4-6-14(7-5-13)15(17)22/h3-9,12H,10-11H2,1-2H3,(H2,17,22)(H,19,23)/t12-/m0/s1. The Hall–Kier alpha value is -2.83. The number of hydrogen-bond acceptors (Lipinski definition) is 3. The van der Waals surface area contributed by atoms with Crippen LogP contribution in [0.2, 0.25) is 0 Å². The molecule has 7 heteroatoms. The van der Waals surface area contributed by atoms with E-state index >= 15 is 0 Å². The number of urea groups is 1. The fourth-order valence-electron chi connectivity index (χ4n) is 2.18. The lowest BCUT2D eigenvalue weighted by molar-refractivity contribution is 0.1000. The predicted molar refractivity (Wildman–Crippen MR) is 86.6 cm³/mol. The minimum atomic E-state index is -0.463. The number of rotatable bonds is 6. The fraction of sp³-hybridized carbons (Fsp3) is 0.312.